The Bertz CT molecular complexity index is 868. The molecule has 0 bridgehead atoms. The van der Waals surface area contributed by atoms with Crippen LogP contribution in [0.1, 0.15) is 48.0 Å². The molecule has 0 aromatic heterocycles. The quantitative estimate of drug-likeness (QED) is 0.740. The Morgan fingerprint density at radius 2 is 1.58 bits per heavy atom. The molecule has 0 unspecified atom stereocenters. The number of hydrogen-bond donors (Lipinski definition) is 2. The van der Waals surface area contributed by atoms with Crippen molar-refractivity contribution in [3.63, 3.8) is 0 Å². The van der Waals surface area contributed by atoms with Gasteiger partial charge in [0.15, 0.2) is 0 Å². The lowest BCUT2D eigenvalue weighted by molar-refractivity contribution is -0.126. The van der Waals surface area contributed by atoms with Gasteiger partial charge in [-0.3, -0.25) is 9.59 Å². The first-order valence-electron chi connectivity index (χ1n) is 11.3. The largest absolute Gasteiger partial charge is 0.378 e. The average Bonchev–Trinajstić information content (AvgIpc) is 2.84. The molecule has 1 saturated heterocycles. The number of amides is 2. The van der Waals surface area contributed by atoms with Crippen LogP contribution < -0.4 is 15.5 Å². The van der Waals surface area contributed by atoms with Gasteiger partial charge in [-0.25, -0.2) is 0 Å². The third-order valence-electron chi connectivity index (χ3n) is 6.16. The zero-order chi connectivity index (χ0) is 21.5. The first kappa shape index (κ1) is 21.4. The second kappa shape index (κ2) is 10.4. The van der Waals surface area contributed by atoms with Gasteiger partial charge in [-0.15, -0.1) is 0 Å². The molecule has 1 heterocycles. The monoisotopic (exact) mass is 421 g/mol. The van der Waals surface area contributed by atoms with E-state index in [9.17, 15) is 9.59 Å². The molecule has 2 N–H and O–H groups in total. The summed E-state index contributed by atoms with van der Waals surface area (Å²) in [6.07, 6.45) is 5.54. The van der Waals surface area contributed by atoms with E-state index in [2.05, 4.69) is 15.5 Å². The summed E-state index contributed by atoms with van der Waals surface area (Å²) in [4.78, 5) is 27.1. The average molecular weight is 422 g/mol. The maximum atomic E-state index is 12.6. The standard InChI is InChI=1S/C25H31N3O3/c29-24(20-4-2-1-3-5-20)26-18-19-6-8-21(9-7-19)25(30)27-22-10-12-23(13-11-22)28-14-16-31-17-15-28/h6-13,20H,1-5,14-18H2,(H,26,29)(H,27,30). The summed E-state index contributed by atoms with van der Waals surface area (Å²) in [5, 5.41) is 5.99. The van der Waals surface area contributed by atoms with E-state index in [1.54, 1.807) is 12.1 Å². The molecule has 6 nitrogen and oxygen atoms in total. The van der Waals surface area contributed by atoms with E-state index < -0.39 is 0 Å². The number of carbonyl (C=O) groups is 2. The van der Waals surface area contributed by atoms with E-state index in [-0.39, 0.29) is 17.7 Å². The normalized spacial score (nSPS) is 17.2. The summed E-state index contributed by atoms with van der Waals surface area (Å²) in [6, 6.07) is 15.3. The molecular formula is C25H31N3O3. The zero-order valence-electron chi connectivity index (χ0n) is 17.9. The highest BCUT2D eigenvalue weighted by atomic mass is 16.5. The van der Waals surface area contributed by atoms with Gasteiger partial charge in [0.25, 0.3) is 5.91 Å². The van der Waals surface area contributed by atoms with Gasteiger partial charge in [-0.05, 0) is 54.8 Å². The molecule has 2 fully saturated rings. The number of benzene rings is 2. The van der Waals surface area contributed by atoms with Crippen LogP contribution in [0.25, 0.3) is 0 Å². The van der Waals surface area contributed by atoms with Crippen LogP contribution in [-0.2, 0) is 16.1 Å². The second-order valence-electron chi connectivity index (χ2n) is 8.35. The van der Waals surface area contributed by atoms with E-state index in [1.165, 1.54) is 6.42 Å². The third-order valence-corrected chi connectivity index (χ3v) is 6.16. The van der Waals surface area contributed by atoms with Crippen LogP contribution >= 0.6 is 0 Å². The molecule has 1 aliphatic carbocycles. The second-order valence-corrected chi connectivity index (χ2v) is 8.35. The lowest BCUT2D eigenvalue weighted by atomic mass is 9.88. The summed E-state index contributed by atoms with van der Waals surface area (Å²) in [7, 11) is 0. The fourth-order valence-electron chi connectivity index (χ4n) is 4.25. The minimum atomic E-state index is -0.142. The van der Waals surface area contributed by atoms with Crippen molar-refractivity contribution >= 4 is 23.2 Å². The molecule has 0 spiro atoms. The van der Waals surface area contributed by atoms with E-state index in [4.69, 9.17) is 4.74 Å². The van der Waals surface area contributed by atoms with Gasteiger partial charge < -0.3 is 20.3 Å². The van der Waals surface area contributed by atoms with E-state index in [0.29, 0.717) is 12.1 Å². The molecule has 31 heavy (non-hydrogen) atoms. The van der Waals surface area contributed by atoms with Crippen LogP contribution in [-0.4, -0.2) is 38.1 Å². The van der Waals surface area contributed by atoms with Gasteiger partial charge in [0.1, 0.15) is 0 Å². The number of anilines is 2. The Balaban J connectivity index is 1.27. The summed E-state index contributed by atoms with van der Waals surface area (Å²) in [5.41, 5.74) is 3.50. The molecule has 1 saturated carbocycles. The Morgan fingerprint density at radius 1 is 0.903 bits per heavy atom. The molecule has 2 aromatic rings. The summed E-state index contributed by atoms with van der Waals surface area (Å²) in [6.45, 7) is 3.77. The Morgan fingerprint density at radius 3 is 2.26 bits per heavy atom. The molecule has 164 valence electrons. The van der Waals surface area contributed by atoms with Crippen molar-refractivity contribution in [2.24, 2.45) is 5.92 Å². The first-order valence-corrected chi connectivity index (χ1v) is 11.3. The maximum Gasteiger partial charge on any atom is 0.255 e. The molecule has 4 rings (SSSR count). The highest BCUT2D eigenvalue weighted by Gasteiger charge is 2.20. The first-order chi connectivity index (χ1) is 15.2. The van der Waals surface area contributed by atoms with Crippen molar-refractivity contribution in [2.45, 2.75) is 38.6 Å². The number of nitrogens with one attached hydrogen (secondary N) is 2. The number of ether oxygens (including phenoxy) is 1. The predicted molar refractivity (Wildman–Crippen MR) is 122 cm³/mol. The number of morpholine rings is 1. The highest BCUT2D eigenvalue weighted by Crippen LogP contribution is 2.24. The molecule has 2 aliphatic rings. The van der Waals surface area contributed by atoms with Gasteiger partial charge in [-0.2, -0.15) is 0 Å². The van der Waals surface area contributed by atoms with E-state index in [1.807, 2.05) is 36.4 Å². The van der Waals surface area contributed by atoms with Crippen molar-refractivity contribution in [2.75, 3.05) is 36.5 Å². The van der Waals surface area contributed by atoms with Crippen LogP contribution in [0.3, 0.4) is 0 Å². The smallest absolute Gasteiger partial charge is 0.255 e. The fourth-order valence-corrected chi connectivity index (χ4v) is 4.25. The van der Waals surface area contributed by atoms with Gasteiger partial charge >= 0.3 is 0 Å². The third kappa shape index (κ3) is 5.85. The van der Waals surface area contributed by atoms with E-state index in [0.717, 1.165) is 68.9 Å². The minimum Gasteiger partial charge on any atom is -0.378 e. The Hall–Kier alpha value is -2.86. The SMILES string of the molecule is O=C(Nc1ccc(N2CCOCC2)cc1)c1ccc(CNC(=O)C2CCCCC2)cc1. The highest BCUT2D eigenvalue weighted by molar-refractivity contribution is 6.04. The minimum absolute atomic E-state index is 0.142. The predicted octanol–water partition coefficient (Wildman–Crippen LogP) is 3.97. The molecule has 2 aromatic carbocycles. The Labute approximate surface area is 184 Å². The van der Waals surface area contributed by atoms with Crippen LogP contribution in [0.2, 0.25) is 0 Å². The summed E-state index contributed by atoms with van der Waals surface area (Å²) < 4.78 is 5.39. The Kier molecular flexibility index (Phi) is 7.20. The molecule has 6 heteroatoms. The van der Waals surface area contributed by atoms with Crippen molar-refractivity contribution in [1.29, 1.82) is 0 Å². The van der Waals surface area contributed by atoms with Gasteiger partial charge in [-0.1, -0.05) is 31.4 Å². The topological polar surface area (TPSA) is 70.7 Å². The summed E-state index contributed by atoms with van der Waals surface area (Å²) >= 11 is 0. The fraction of sp³-hybridized carbons (Fsp3) is 0.440. The van der Waals surface area contributed by atoms with Crippen LogP contribution in [0.4, 0.5) is 11.4 Å². The zero-order valence-corrected chi connectivity index (χ0v) is 17.9. The maximum absolute atomic E-state index is 12.6. The van der Waals surface area contributed by atoms with Crippen molar-refractivity contribution < 1.29 is 14.3 Å². The molecular weight excluding hydrogens is 390 g/mol. The van der Waals surface area contributed by atoms with Crippen LogP contribution in [0.5, 0.6) is 0 Å². The van der Waals surface area contributed by atoms with Gasteiger partial charge in [0.2, 0.25) is 5.91 Å². The molecule has 2 amide bonds. The van der Waals surface area contributed by atoms with Crippen molar-refractivity contribution in [1.82, 2.24) is 5.32 Å². The molecule has 0 atom stereocenters. The lowest BCUT2D eigenvalue weighted by Crippen LogP contribution is -2.36. The van der Waals surface area contributed by atoms with Crippen molar-refractivity contribution in [3.05, 3.63) is 59.7 Å². The van der Waals surface area contributed by atoms with Crippen LogP contribution in [0, 0.1) is 5.92 Å². The number of rotatable bonds is 6. The van der Waals surface area contributed by atoms with Crippen LogP contribution in [0.15, 0.2) is 48.5 Å². The summed E-state index contributed by atoms with van der Waals surface area (Å²) in [5.74, 6) is 0.174. The van der Waals surface area contributed by atoms with Crippen molar-refractivity contribution in [3.8, 4) is 0 Å². The van der Waals surface area contributed by atoms with Gasteiger partial charge in [0.05, 0.1) is 13.2 Å². The molecule has 1 aliphatic heterocycles. The number of hydrogen-bond acceptors (Lipinski definition) is 4. The van der Waals surface area contributed by atoms with E-state index >= 15 is 0 Å². The van der Waals surface area contributed by atoms with Gasteiger partial charge in [0, 0.05) is 42.5 Å². The number of nitrogens with zero attached hydrogens (tertiary/aromatic N) is 1. The molecule has 0 radical (unpaired) electrons. The number of carbonyl (C=O) groups excluding carboxylic acids is 2. The lowest BCUT2D eigenvalue weighted by Gasteiger charge is -2.28.